The quantitative estimate of drug-likeness (QED) is 0.340. The molecule has 2 aromatic carbocycles. The maximum absolute atomic E-state index is 12.8. The van der Waals surface area contributed by atoms with E-state index in [0.717, 1.165) is 15.6 Å². The van der Waals surface area contributed by atoms with Crippen molar-refractivity contribution in [3.05, 3.63) is 69.8 Å². The van der Waals surface area contributed by atoms with Crippen molar-refractivity contribution in [1.82, 2.24) is 30.7 Å². The summed E-state index contributed by atoms with van der Waals surface area (Å²) in [5.41, 5.74) is 11.3. The number of nitrogen functional groups attached to an aromatic ring is 1. The zero-order valence-corrected chi connectivity index (χ0v) is 17.2. The molecule has 0 saturated carbocycles. The third-order valence-electron chi connectivity index (χ3n) is 4.16. The van der Waals surface area contributed by atoms with Crippen LogP contribution in [0.5, 0.6) is 0 Å². The predicted molar refractivity (Wildman–Crippen MR) is 113 cm³/mol. The van der Waals surface area contributed by atoms with E-state index in [2.05, 4.69) is 51.7 Å². The number of carbonyl (C=O) groups excluding carboxylic acids is 1. The van der Waals surface area contributed by atoms with Gasteiger partial charge < -0.3 is 5.73 Å². The van der Waals surface area contributed by atoms with Gasteiger partial charge in [-0.15, -0.1) is 5.10 Å². The van der Waals surface area contributed by atoms with Gasteiger partial charge in [-0.25, -0.2) is 10.1 Å². The Morgan fingerprint density at radius 2 is 1.90 bits per heavy atom. The highest BCUT2D eigenvalue weighted by atomic mass is 79.9. The number of hydrogen-bond acceptors (Lipinski definition) is 8. The van der Waals surface area contributed by atoms with E-state index in [1.807, 2.05) is 55.5 Å². The van der Waals surface area contributed by atoms with Crippen LogP contribution in [0.2, 0.25) is 0 Å². The molecular formula is C19H15BrN8O2. The zero-order valence-electron chi connectivity index (χ0n) is 15.7. The molecule has 0 fully saturated rings. The summed E-state index contributed by atoms with van der Waals surface area (Å²) in [4.78, 5) is 12.8. The van der Waals surface area contributed by atoms with Gasteiger partial charge in [-0.3, -0.25) is 4.79 Å². The molecule has 11 heteroatoms. The van der Waals surface area contributed by atoms with Crippen LogP contribution in [0.1, 0.15) is 21.6 Å². The molecule has 10 nitrogen and oxygen atoms in total. The lowest BCUT2D eigenvalue weighted by atomic mass is 10.1. The van der Waals surface area contributed by atoms with Crippen LogP contribution in [0.4, 0.5) is 5.82 Å². The molecule has 0 radical (unpaired) electrons. The maximum atomic E-state index is 12.8. The summed E-state index contributed by atoms with van der Waals surface area (Å²) in [6, 6.07) is 15.0. The molecule has 4 rings (SSSR count). The van der Waals surface area contributed by atoms with Crippen molar-refractivity contribution < 1.29 is 9.42 Å². The van der Waals surface area contributed by atoms with Gasteiger partial charge in [0.25, 0.3) is 5.91 Å². The number of aromatic nitrogens is 5. The van der Waals surface area contributed by atoms with Gasteiger partial charge in [-0.1, -0.05) is 63.1 Å². The highest BCUT2D eigenvalue weighted by Crippen LogP contribution is 2.26. The molecule has 0 unspecified atom stereocenters. The molecule has 0 aliphatic carbocycles. The van der Waals surface area contributed by atoms with E-state index in [1.54, 1.807) is 0 Å². The molecule has 0 atom stereocenters. The number of hydrazone groups is 1. The van der Waals surface area contributed by atoms with E-state index < -0.39 is 5.91 Å². The highest BCUT2D eigenvalue weighted by molar-refractivity contribution is 9.10. The zero-order chi connectivity index (χ0) is 21.1. The predicted octanol–water partition coefficient (Wildman–Crippen LogP) is 2.73. The normalized spacial score (nSPS) is 11.1. The van der Waals surface area contributed by atoms with Gasteiger partial charge in [0, 0.05) is 10.0 Å². The van der Waals surface area contributed by atoms with Crippen LogP contribution in [0.3, 0.4) is 0 Å². The minimum atomic E-state index is -0.541. The SMILES string of the molecule is Cc1ccc(-c2c(C(=O)N/N=C/c3ccc(Br)cc3)nnn2-c2nonc2N)cc1. The van der Waals surface area contributed by atoms with Gasteiger partial charge >= 0.3 is 0 Å². The van der Waals surface area contributed by atoms with Crippen molar-refractivity contribution in [2.45, 2.75) is 6.92 Å². The molecule has 2 aromatic heterocycles. The first-order valence-electron chi connectivity index (χ1n) is 8.73. The summed E-state index contributed by atoms with van der Waals surface area (Å²) in [5, 5.41) is 19.3. The Bertz CT molecular complexity index is 1210. The average Bonchev–Trinajstić information content (AvgIpc) is 3.36. The first-order chi connectivity index (χ1) is 14.5. The Hall–Kier alpha value is -3.86. The number of benzene rings is 2. The molecule has 150 valence electrons. The van der Waals surface area contributed by atoms with Gasteiger partial charge in [0.2, 0.25) is 11.6 Å². The molecule has 0 aliphatic rings. The summed E-state index contributed by atoms with van der Waals surface area (Å²) in [7, 11) is 0. The van der Waals surface area contributed by atoms with Gasteiger partial charge in [0.1, 0.15) is 5.69 Å². The van der Waals surface area contributed by atoms with Crippen molar-refractivity contribution in [1.29, 1.82) is 0 Å². The van der Waals surface area contributed by atoms with Crippen LogP contribution in [-0.2, 0) is 0 Å². The number of anilines is 1. The third kappa shape index (κ3) is 3.96. The van der Waals surface area contributed by atoms with Crippen LogP contribution in [0, 0.1) is 6.92 Å². The maximum Gasteiger partial charge on any atom is 0.294 e. The first kappa shape index (κ1) is 19.5. The van der Waals surface area contributed by atoms with Gasteiger partial charge in [0.15, 0.2) is 5.69 Å². The minimum Gasteiger partial charge on any atom is -0.378 e. The monoisotopic (exact) mass is 466 g/mol. The smallest absolute Gasteiger partial charge is 0.294 e. The van der Waals surface area contributed by atoms with E-state index in [4.69, 9.17) is 5.73 Å². The van der Waals surface area contributed by atoms with Crippen molar-refractivity contribution >= 4 is 33.9 Å². The molecule has 0 saturated heterocycles. The van der Waals surface area contributed by atoms with Crippen LogP contribution >= 0.6 is 15.9 Å². The van der Waals surface area contributed by atoms with Crippen molar-refractivity contribution in [3.8, 4) is 17.1 Å². The molecule has 1 amide bonds. The Morgan fingerprint density at radius 1 is 1.17 bits per heavy atom. The molecule has 4 aromatic rings. The van der Waals surface area contributed by atoms with Crippen LogP contribution in [0.15, 0.2) is 62.7 Å². The van der Waals surface area contributed by atoms with Crippen molar-refractivity contribution in [2.24, 2.45) is 5.10 Å². The molecule has 0 aliphatic heterocycles. The molecule has 3 N–H and O–H groups in total. The highest BCUT2D eigenvalue weighted by Gasteiger charge is 2.25. The molecular weight excluding hydrogens is 452 g/mol. The fourth-order valence-electron chi connectivity index (χ4n) is 2.66. The average molecular weight is 467 g/mol. The lowest BCUT2D eigenvalue weighted by molar-refractivity contribution is 0.0950. The summed E-state index contributed by atoms with van der Waals surface area (Å²) < 4.78 is 6.92. The fraction of sp³-hybridized carbons (Fsp3) is 0.0526. The van der Waals surface area contributed by atoms with E-state index in [-0.39, 0.29) is 17.3 Å². The summed E-state index contributed by atoms with van der Waals surface area (Å²) >= 11 is 3.37. The summed E-state index contributed by atoms with van der Waals surface area (Å²) in [6.45, 7) is 1.96. The van der Waals surface area contributed by atoms with Crippen molar-refractivity contribution in [2.75, 3.05) is 5.73 Å². The van der Waals surface area contributed by atoms with Gasteiger partial charge in [-0.05, 0) is 34.9 Å². The standard InChI is InChI=1S/C19H15BrN8O2/c1-11-2-6-13(7-3-11)16-15(23-27-28(16)18-17(21)25-30-26-18)19(29)24-22-10-12-4-8-14(20)9-5-12/h2-10H,1H3,(H2,21,25)(H,24,29)/b22-10+. The number of halogens is 1. The number of hydrogen-bond donors (Lipinski definition) is 2. The molecule has 2 heterocycles. The Labute approximate surface area is 178 Å². The topological polar surface area (TPSA) is 137 Å². The van der Waals surface area contributed by atoms with E-state index in [9.17, 15) is 4.79 Å². The number of amides is 1. The van der Waals surface area contributed by atoms with Crippen molar-refractivity contribution in [3.63, 3.8) is 0 Å². The van der Waals surface area contributed by atoms with E-state index >= 15 is 0 Å². The Morgan fingerprint density at radius 3 is 2.57 bits per heavy atom. The number of nitrogens with zero attached hydrogens (tertiary/aromatic N) is 6. The number of nitrogens with two attached hydrogens (primary N) is 1. The fourth-order valence-corrected chi connectivity index (χ4v) is 2.92. The molecule has 30 heavy (non-hydrogen) atoms. The number of rotatable bonds is 5. The summed E-state index contributed by atoms with van der Waals surface area (Å²) in [6.07, 6.45) is 1.53. The lowest BCUT2D eigenvalue weighted by Gasteiger charge is -2.06. The number of aryl methyl sites for hydroxylation is 1. The van der Waals surface area contributed by atoms with Crippen LogP contribution in [0.25, 0.3) is 17.1 Å². The Balaban J connectivity index is 1.68. The molecule has 0 bridgehead atoms. The minimum absolute atomic E-state index is 0.0217. The second-order valence-corrected chi connectivity index (χ2v) is 7.20. The largest absolute Gasteiger partial charge is 0.378 e. The first-order valence-corrected chi connectivity index (χ1v) is 9.52. The van der Waals surface area contributed by atoms with Gasteiger partial charge in [-0.2, -0.15) is 9.78 Å². The van der Waals surface area contributed by atoms with Crippen LogP contribution < -0.4 is 11.2 Å². The van der Waals surface area contributed by atoms with E-state index in [0.29, 0.717) is 11.3 Å². The number of nitrogens with one attached hydrogen (secondary N) is 1. The van der Waals surface area contributed by atoms with Gasteiger partial charge in [0.05, 0.1) is 6.21 Å². The van der Waals surface area contributed by atoms with Crippen LogP contribution in [-0.4, -0.2) is 37.4 Å². The Kier molecular flexibility index (Phi) is 5.35. The second kappa shape index (κ2) is 8.25. The lowest BCUT2D eigenvalue weighted by Crippen LogP contribution is -2.19. The molecule has 0 spiro atoms. The van der Waals surface area contributed by atoms with E-state index in [1.165, 1.54) is 10.9 Å². The summed E-state index contributed by atoms with van der Waals surface area (Å²) in [5.74, 6) is -0.385. The third-order valence-corrected chi connectivity index (χ3v) is 4.68. The number of carbonyl (C=O) groups is 1. The second-order valence-electron chi connectivity index (χ2n) is 6.29.